The highest BCUT2D eigenvalue weighted by Crippen LogP contribution is 2.41. The van der Waals surface area contributed by atoms with Crippen LogP contribution in [0.1, 0.15) is 104 Å². The molecule has 5 rings (SSSR count). The number of pyridine rings is 1. The number of ketones is 2. The molecule has 2 amide bonds. The molecule has 376 valence electrons. The molecule has 1 saturated heterocycles. The first kappa shape index (κ1) is 60.6. The molecule has 69 heavy (non-hydrogen) atoms. The van der Waals surface area contributed by atoms with Gasteiger partial charge in [0, 0.05) is 68.2 Å². The second-order valence-electron chi connectivity index (χ2n) is 16.9. The van der Waals surface area contributed by atoms with E-state index in [0.717, 1.165) is 80.3 Å². The number of hydrazine groups is 2. The summed E-state index contributed by atoms with van der Waals surface area (Å²) in [5.41, 5.74) is 10.2. The molecule has 1 atom stereocenters. The van der Waals surface area contributed by atoms with Crippen LogP contribution in [0.25, 0.3) is 33.3 Å². The predicted octanol–water partition coefficient (Wildman–Crippen LogP) is 8.40. The van der Waals surface area contributed by atoms with E-state index in [9.17, 15) is 24.3 Å². The van der Waals surface area contributed by atoms with Crippen LogP contribution in [0.5, 0.6) is 5.75 Å². The van der Waals surface area contributed by atoms with Crippen molar-refractivity contribution in [3.8, 4) is 34.2 Å². The van der Waals surface area contributed by atoms with Crippen LogP contribution in [0.15, 0.2) is 67.4 Å². The van der Waals surface area contributed by atoms with Gasteiger partial charge >= 0.3 is 6.03 Å². The van der Waals surface area contributed by atoms with Crippen LogP contribution in [-0.4, -0.2) is 113 Å². The maximum Gasteiger partial charge on any atom is 0.511 e. The highest BCUT2D eigenvalue weighted by atomic mass is 16.5. The number of methoxy groups -OCH3 is 1. The van der Waals surface area contributed by atoms with Crippen LogP contribution in [0.4, 0.5) is 4.79 Å². The molecule has 2 aromatic carbocycles. The highest BCUT2D eigenvalue weighted by molar-refractivity contribution is 6.33. The third-order valence-corrected chi connectivity index (χ3v) is 10.6. The van der Waals surface area contributed by atoms with E-state index in [4.69, 9.17) is 25.4 Å². The number of aryl methyl sites for hydroxylation is 2. The van der Waals surface area contributed by atoms with E-state index < -0.39 is 5.78 Å². The lowest BCUT2D eigenvalue weighted by molar-refractivity contribution is -0.411. The molecule has 0 bridgehead atoms. The zero-order valence-corrected chi connectivity index (χ0v) is 42.8. The Bertz CT molecular complexity index is 2340. The Kier molecular flexibility index (Phi) is 28.5. The normalized spacial score (nSPS) is 13.0. The van der Waals surface area contributed by atoms with Gasteiger partial charge in [0.15, 0.2) is 6.21 Å². The number of amides is 2. The Balaban J connectivity index is 0.000000817. The van der Waals surface area contributed by atoms with Gasteiger partial charge < -0.3 is 19.1 Å². The number of unbranched alkanes of at least 4 members (excludes halogenated alkanes) is 1. The maximum absolute atomic E-state index is 12.5. The summed E-state index contributed by atoms with van der Waals surface area (Å²) in [6.07, 6.45) is 9.69. The number of aromatic nitrogens is 2. The van der Waals surface area contributed by atoms with Crippen LogP contribution in [0.3, 0.4) is 0 Å². The zero-order valence-electron chi connectivity index (χ0n) is 42.8. The quantitative estimate of drug-likeness (QED) is 0.0111. The molecule has 0 saturated carbocycles. The van der Waals surface area contributed by atoms with Crippen molar-refractivity contribution in [2.75, 3.05) is 40.9 Å². The summed E-state index contributed by atoms with van der Waals surface area (Å²) in [6.45, 7) is 22.9. The van der Waals surface area contributed by atoms with Crippen molar-refractivity contribution in [3.05, 3.63) is 84.2 Å². The van der Waals surface area contributed by atoms with Crippen LogP contribution in [0.2, 0.25) is 0 Å². The van der Waals surface area contributed by atoms with Gasteiger partial charge in [-0.15, -0.1) is 10.0 Å². The van der Waals surface area contributed by atoms with Gasteiger partial charge in [-0.25, -0.2) is 0 Å². The lowest BCUT2D eigenvalue weighted by Gasteiger charge is -2.39. The Labute approximate surface area is 409 Å². The van der Waals surface area contributed by atoms with Crippen molar-refractivity contribution in [1.29, 1.82) is 5.26 Å². The summed E-state index contributed by atoms with van der Waals surface area (Å²) in [7, 11) is 4.92. The molecule has 1 aliphatic rings. The molecular formula is C53H77N8O8+. The van der Waals surface area contributed by atoms with E-state index in [1.807, 2.05) is 26.8 Å². The first-order chi connectivity index (χ1) is 33.0. The van der Waals surface area contributed by atoms with Gasteiger partial charge in [0.05, 0.1) is 37.7 Å². The average molecular weight is 954 g/mol. The molecule has 2 aromatic heterocycles. The number of nitrogens with two attached hydrogens (primary N) is 1. The second-order valence-corrected chi connectivity index (χ2v) is 16.9. The molecule has 0 aliphatic carbocycles. The van der Waals surface area contributed by atoms with Crippen molar-refractivity contribution in [1.82, 2.24) is 25.0 Å². The van der Waals surface area contributed by atoms with Crippen molar-refractivity contribution in [2.24, 2.45) is 11.3 Å². The van der Waals surface area contributed by atoms with Gasteiger partial charge in [-0.05, 0) is 104 Å². The number of Topliss-reactive ketones (excluding diaryl/α,β-unsaturated/α-hetero) is 2. The summed E-state index contributed by atoms with van der Waals surface area (Å²) in [4.78, 5) is 59.7. The number of phenolic OH excluding ortho intramolecular Hbond substituents is 1. The summed E-state index contributed by atoms with van der Waals surface area (Å²) in [6, 6.07) is 17.4. The number of nitrogens with zero attached hydrogens (tertiary/aromatic N) is 6. The Morgan fingerprint density at radius 1 is 1.07 bits per heavy atom. The minimum Gasteiger partial charge on any atom is -0.508 e. The number of aldehydes is 1. The molecule has 4 N–H and O–H groups in total. The van der Waals surface area contributed by atoms with Gasteiger partial charge in [0.2, 0.25) is 0 Å². The number of nitriles is 1. The monoisotopic (exact) mass is 954 g/mol. The average Bonchev–Trinajstić information content (AvgIpc) is 3.65. The van der Waals surface area contributed by atoms with Crippen LogP contribution < -0.4 is 11.3 Å². The number of ether oxygens (including phenoxy) is 2. The van der Waals surface area contributed by atoms with E-state index in [0.29, 0.717) is 64.2 Å². The fourth-order valence-corrected chi connectivity index (χ4v) is 7.35. The van der Waals surface area contributed by atoms with Gasteiger partial charge in [0.25, 0.3) is 12.3 Å². The number of nitrogens with one attached hydrogen (secondary N) is 1. The number of carbonyl (C=O) groups excluding carboxylic acids is 5. The largest absolute Gasteiger partial charge is 0.511 e. The van der Waals surface area contributed by atoms with Crippen LogP contribution in [0, 0.1) is 16.7 Å². The fraction of sp³-hybridized carbons (Fsp3) is 0.472. The van der Waals surface area contributed by atoms with Crippen molar-refractivity contribution in [2.45, 2.75) is 120 Å². The van der Waals surface area contributed by atoms with E-state index in [2.05, 4.69) is 86.5 Å². The standard InChI is InChI=1S/C36H46N4O5.C9H13N4O2.C3H4O.C3H8.C2H6/c1-5-40-34-14-12-26(27-17-25(18-29(43)19-27)11-13-28(42)9-6-7-16-39-37)20-31(34)32(21-36(2,3)23-45-24-41)35(40)30-10-8-15-38-33(30)22-44-4;1-7-5-13(12(7)3)9(15)11(2)6-8(14)4-10;1-2-3-4;1-3-2;1-2/h8,10,12,14-15,17-20,24,39,43H,5-7,9,11,13,16,21-23,37H2,1-4H3;6-7H,5H2,1-3H3;2-3H,1H2;3H2,1-2H3;1-2H3/q;+1;;;/b;11-6+;;;. The number of benzene rings is 2. The molecule has 0 radical (unpaired) electrons. The number of rotatable bonds is 20. The van der Waals surface area contributed by atoms with E-state index in [1.165, 1.54) is 30.6 Å². The number of allylic oxidation sites excluding steroid dienone is 1. The second kappa shape index (κ2) is 32.4. The lowest BCUT2D eigenvalue weighted by atomic mass is 9.84. The molecule has 1 fully saturated rings. The van der Waals surface area contributed by atoms with E-state index in [-0.39, 0.29) is 29.6 Å². The number of fused-ring (bicyclic) bond motifs is 1. The van der Waals surface area contributed by atoms with Crippen LogP contribution in [-0.2, 0) is 54.6 Å². The van der Waals surface area contributed by atoms with E-state index >= 15 is 0 Å². The van der Waals surface area contributed by atoms with Crippen molar-refractivity contribution >= 4 is 47.5 Å². The fourth-order valence-electron chi connectivity index (χ4n) is 7.35. The van der Waals surface area contributed by atoms with Gasteiger partial charge in [-0.3, -0.25) is 35.4 Å². The number of hydrogen-bond acceptors (Lipinski definition) is 13. The highest BCUT2D eigenvalue weighted by Gasteiger charge is 2.42. The molecule has 1 unspecified atom stereocenters. The van der Waals surface area contributed by atoms with Gasteiger partial charge in [-0.2, -0.15) is 14.6 Å². The summed E-state index contributed by atoms with van der Waals surface area (Å²) in [5, 5.41) is 23.3. The molecular weight excluding hydrogens is 877 g/mol. The predicted molar refractivity (Wildman–Crippen MR) is 273 cm³/mol. The number of hydrogen-bond donors (Lipinski definition) is 3. The Hall–Kier alpha value is -6.38. The van der Waals surface area contributed by atoms with E-state index in [1.54, 1.807) is 37.5 Å². The number of carbonyl (C=O) groups is 5. The number of likely N-dealkylation sites (N-methyl/N-ethyl adjacent to an activating group) is 1. The summed E-state index contributed by atoms with van der Waals surface area (Å²) < 4.78 is 14.2. The lowest BCUT2D eigenvalue weighted by Crippen LogP contribution is -2.64. The first-order valence-electron chi connectivity index (χ1n) is 23.6. The molecule has 4 aromatic rings. The minimum atomic E-state index is -0.734. The van der Waals surface area contributed by atoms with Gasteiger partial charge in [-0.1, -0.05) is 66.7 Å². The summed E-state index contributed by atoms with van der Waals surface area (Å²) in [5.74, 6) is 4.96. The number of phenols is 1. The third-order valence-electron chi connectivity index (χ3n) is 10.6. The zero-order chi connectivity index (χ0) is 52.1. The number of aromatic hydroxyl groups is 1. The smallest absolute Gasteiger partial charge is 0.508 e. The first-order valence-corrected chi connectivity index (χ1v) is 23.6. The maximum atomic E-state index is 12.5. The molecule has 3 heterocycles. The van der Waals surface area contributed by atoms with Crippen molar-refractivity contribution in [3.63, 3.8) is 0 Å². The summed E-state index contributed by atoms with van der Waals surface area (Å²) >= 11 is 0. The van der Waals surface area contributed by atoms with Crippen LogP contribution >= 0.6 is 0 Å². The van der Waals surface area contributed by atoms with Crippen molar-refractivity contribution < 1.29 is 43.1 Å². The SMILES string of the molecule is C=CC=O.CC.CC1CN(C(=O)/[N+](C)=C/C(=O)C#N)N1C.CCC.CCn1c(-c2cccnc2COC)c(CC(C)(C)COC=O)c2cc(-c3cc(O)cc(CCC(=O)CCCCNN)c3)ccc21. The Morgan fingerprint density at radius 2 is 1.75 bits per heavy atom. The third kappa shape index (κ3) is 19.3. The Morgan fingerprint density at radius 3 is 2.32 bits per heavy atom. The van der Waals surface area contributed by atoms with Gasteiger partial charge in [0.1, 0.15) is 30.4 Å². The molecule has 1 aliphatic heterocycles. The number of urea groups is 1. The topological polar surface area (TPSA) is 213 Å². The minimum absolute atomic E-state index is 0.169. The molecule has 16 heteroatoms. The molecule has 16 nitrogen and oxygen atoms in total. The molecule has 0 spiro atoms.